The van der Waals surface area contributed by atoms with Crippen molar-refractivity contribution in [2.24, 2.45) is 5.92 Å². The van der Waals surface area contributed by atoms with Crippen LogP contribution in [0.5, 0.6) is 0 Å². The molecule has 0 aromatic heterocycles. The lowest BCUT2D eigenvalue weighted by molar-refractivity contribution is -0.183. The third-order valence-electron chi connectivity index (χ3n) is 3.38. The van der Waals surface area contributed by atoms with Gasteiger partial charge in [-0.05, 0) is 37.4 Å². The van der Waals surface area contributed by atoms with Gasteiger partial charge in [0.1, 0.15) is 5.82 Å². The van der Waals surface area contributed by atoms with Gasteiger partial charge in [-0.3, -0.25) is 0 Å². The van der Waals surface area contributed by atoms with Crippen LogP contribution in [0.4, 0.5) is 17.6 Å². The average Bonchev–Trinajstić information content (AvgIpc) is 2.31. The van der Waals surface area contributed by atoms with E-state index in [9.17, 15) is 17.6 Å². The monoisotopic (exact) mass is 261 g/mol. The molecule has 2 rings (SSSR count). The van der Waals surface area contributed by atoms with Crippen molar-refractivity contribution >= 4 is 0 Å². The largest absolute Gasteiger partial charge is 0.391 e. The van der Waals surface area contributed by atoms with Crippen LogP contribution in [0.3, 0.4) is 0 Å². The van der Waals surface area contributed by atoms with Crippen LogP contribution < -0.4 is 5.32 Å². The third kappa shape index (κ3) is 3.22. The minimum atomic E-state index is -4.14. The maximum Gasteiger partial charge on any atom is 0.391 e. The van der Waals surface area contributed by atoms with Crippen molar-refractivity contribution in [3.8, 4) is 0 Å². The van der Waals surface area contributed by atoms with Crippen LogP contribution in [-0.4, -0.2) is 18.8 Å². The number of alkyl halides is 3. The fraction of sp³-hybridized carbons (Fsp3) is 0.538. The molecule has 0 aliphatic carbocycles. The van der Waals surface area contributed by atoms with Gasteiger partial charge in [-0.2, -0.15) is 13.2 Å². The van der Waals surface area contributed by atoms with E-state index in [0.29, 0.717) is 18.5 Å². The van der Waals surface area contributed by atoms with Gasteiger partial charge >= 0.3 is 6.18 Å². The number of hydrogen-bond acceptors (Lipinski definition) is 1. The first-order chi connectivity index (χ1) is 8.47. The Labute approximate surface area is 103 Å². The van der Waals surface area contributed by atoms with E-state index in [1.165, 1.54) is 6.07 Å². The molecule has 1 saturated heterocycles. The first-order valence-corrected chi connectivity index (χ1v) is 6.00. The number of hydrogen-bond donors (Lipinski definition) is 1. The van der Waals surface area contributed by atoms with Crippen LogP contribution >= 0.6 is 0 Å². The normalized spacial score (nSPS) is 25.1. The SMILES string of the molecule is Fc1ccccc1CC1CC(C(F)(F)F)CCN1. The highest BCUT2D eigenvalue weighted by Gasteiger charge is 2.42. The highest BCUT2D eigenvalue weighted by atomic mass is 19.4. The summed E-state index contributed by atoms with van der Waals surface area (Å²) in [6.07, 6.45) is -3.70. The van der Waals surface area contributed by atoms with Crippen LogP contribution in [0, 0.1) is 11.7 Å². The molecule has 0 saturated carbocycles. The van der Waals surface area contributed by atoms with E-state index in [-0.39, 0.29) is 24.7 Å². The van der Waals surface area contributed by atoms with E-state index in [1.54, 1.807) is 18.2 Å². The first kappa shape index (κ1) is 13.3. The summed E-state index contributed by atoms with van der Waals surface area (Å²) in [6.45, 7) is 0.337. The number of rotatable bonds is 2. The molecular weight excluding hydrogens is 246 g/mol. The quantitative estimate of drug-likeness (QED) is 0.805. The molecule has 0 spiro atoms. The zero-order valence-corrected chi connectivity index (χ0v) is 9.80. The summed E-state index contributed by atoms with van der Waals surface area (Å²) in [5, 5.41) is 3.03. The smallest absolute Gasteiger partial charge is 0.314 e. The molecule has 1 aliphatic rings. The summed E-state index contributed by atoms with van der Waals surface area (Å²) in [5.41, 5.74) is 0.470. The summed E-state index contributed by atoms with van der Waals surface area (Å²) < 4.78 is 51.3. The zero-order valence-electron chi connectivity index (χ0n) is 9.80. The molecule has 0 bridgehead atoms. The Balaban J connectivity index is 2.00. The van der Waals surface area contributed by atoms with Crippen LogP contribution in [0.25, 0.3) is 0 Å². The van der Waals surface area contributed by atoms with Gasteiger partial charge in [-0.15, -0.1) is 0 Å². The maximum atomic E-state index is 13.4. The Morgan fingerprint density at radius 1 is 1.22 bits per heavy atom. The van der Waals surface area contributed by atoms with Crippen molar-refractivity contribution in [1.82, 2.24) is 5.32 Å². The van der Waals surface area contributed by atoms with Crippen molar-refractivity contribution in [1.29, 1.82) is 0 Å². The van der Waals surface area contributed by atoms with Crippen molar-refractivity contribution in [2.45, 2.75) is 31.5 Å². The van der Waals surface area contributed by atoms with Crippen LogP contribution in [0.2, 0.25) is 0 Å². The van der Waals surface area contributed by atoms with E-state index in [0.717, 1.165) is 0 Å². The molecule has 1 heterocycles. The molecule has 1 N–H and O–H groups in total. The summed E-state index contributed by atoms with van der Waals surface area (Å²) in [5.74, 6) is -1.62. The predicted molar refractivity (Wildman–Crippen MR) is 60.7 cm³/mol. The molecule has 1 nitrogen and oxygen atoms in total. The molecule has 0 radical (unpaired) electrons. The van der Waals surface area contributed by atoms with Crippen LogP contribution in [0.15, 0.2) is 24.3 Å². The van der Waals surface area contributed by atoms with Crippen molar-refractivity contribution in [2.75, 3.05) is 6.54 Å². The van der Waals surface area contributed by atoms with Gasteiger partial charge in [0, 0.05) is 6.04 Å². The molecule has 1 fully saturated rings. The lowest BCUT2D eigenvalue weighted by Gasteiger charge is -2.31. The van der Waals surface area contributed by atoms with E-state index in [4.69, 9.17) is 0 Å². The highest BCUT2D eigenvalue weighted by Crippen LogP contribution is 2.34. The van der Waals surface area contributed by atoms with Gasteiger partial charge in [-0.25, -0.2) is 4.39 Å². The third-order valence-corrected chi connectivity index (χ3v) is 3.38. The van der Waals surface area contributed by atoms with Gasteiger partial charge in [0.25, 0.3) is 0 Å². The van der Waals surface area contributed by atoms with Gasteiger partial charge in [0.2, 0.25) is 0 Å². The minimum absolute atomic E-state index is 0.0256. The van der Waals surface area contributed by atoms with E-state index >= 15 is 0 Å². The van der Waals surface area contributed by atoms with Gasteiger partial charge in [0.05, 0.1) is 5.92 Å². The molecule has 0 amide bonds. The fourth-order valence-electron chi connectivity index (χ4n) is 2.39. The molecular formula is C13H15F4N. The Bertz CT molecular complexity index is 402. The minimum Gasteiger partial charge on any atom is -0.314 e. The Morgan fingerprint density at radius 2 is 1.94 bits per heavy atom. The Kier molecular flexibility index (Phi) is 3.90. The van der Waals surface area contributed by atoms with E-state index < -0.39 is 12.1 Å². The number of halogens is 4. The Hall–Kier alpha value is -1.10. The summed E-state index contributed by atoms with van der Waals surface area (Å²) in [6, 6.07) is 5.92. The highest BCUT2D eigenvalue weighted by molar-refractivity contribution is 5.18. The predicted octanol–water partition coefficient (Wildman–Crippen LogP) is 3.30. The topological polar surface area (TPSA) is 12.0 Å². The summed E-state index contributed by atoms with van der Waals surface area (Å²) in [7, 11) is 0. The number of nitrogens with one attached hydrogen (secondary N) is 1. The standard InChI is InChI=1S/C13H15F4N/c14-12-4-2-1-3-9(12)7-11-8-10(5-6-18-11)13(15,16)17/h1-4,10-11,18H,5-8H2. The van der Waals surface area contributed by atoms with Gasteiger partial charge < -0.3 is 5.32 Å². The summed E-state index contributed by atoms with van der Waals surface area (Å²) >= 11 is 0. The fourth-order valence-corrected chi connectivity index (χ4v) is 2.39. The van der Waals surface area contributed by atoms with Crippen molar-refractivity contribution in [3.05, 3.63) is 35.6 Å². The molecule has 18 heavy (non-hydrogen) atoms. The molecule has 2 atom stereocenters. The van der Waals surface area contributed by atoms with Crippen molar-refractivity contribution < 1.29 is 17.6 Å². The lowest BCUT2D eigenvalue weighted by atomic mass is 9.89. The molecule has 1 aromatic rings. The van der Waals surface area contributed by atoms with Crippen molar-refractivity contribution in [3.63, 3.8) is 0 Å². The average molecular weight is 261 g/mol. The molecule has 100 valence electrons. The molecule has 5 heteroatoms. The van der Waals surface area contributed by atoms with Gasteiger partial charge in [-0.1, -0.05) is 18.2 Å². The van der Waals surface area contributed by atoms with E-state index in [2.05, 4.69) is 5.32 Å². The molecule has 1 aromatic carbocycles. The number of piperidine rings is 1. The number of benzene rings is 1. The second kappa shape index (κ2) is 5.26. The molecule has 1 aliphatic heterocycles. The molecule has 2 unspecified atom stereocenters. The van der Waals surface area contributed by atoms with Crippen LogP contribution in [0.1, 0.15) is 18.4 Å². The second-order valence-corrected chi connectivity index (χ2v) is 4.71. The van der Waals surface area contributed by atoms with Gasteiger partial charge in [0.15, 0.2) is 0 Å². The van der Waals surface area contributed by atoms with Crippen LogP contribution in [-0.2, 0) is 6.42 Å². The Morgan fingerprint density at radius 3 is 2.61 bits per heavy atom. The lowest BCUT2D eigenvalue weighted by Crippen LogP contribution is -2.43. The maximum absolute atomic E-state index is 13.4. The van der Waals surface area contributed by atoms with E-state index in [1.807, 2.05) is 0 Å². The summed E-state index contributed by atoms with van der Waals surface area (Å²) in [4.78, 5) is 0. The first-order valence-electron chi connectivity index (χ1n) is 6.00. The zero-order chi connectivity index (χ0) is 13.2. The second-order valence-electron chi connectivity index (χ2n) is 4.71.